The molecule has 6 heteroatoms. The molecule has 0 aromatic heterocycles. The molecule has 2 rings (SSSR count). The van der Waals surface area contributed by atoms with Crippen molar-refractivity contribution in [1.29, 1.82) is 0 Å². The summed E-state index contributed by atoms with van der Waals surface area (Å²) in [7, 11) is -3.41. The summed E-state index contributed by atoms with van der Waals surface area (Å²) in [5.41, 5.74) is 1.77. The third-order valence-corrected chi connectivity index (χ3v) is 6.77. The average Bonchev–Trinajstić information content (AvgIpc) is 3.24. The molecule has 0 bridgehead atoms. The van der Waals surface area contributed by atoms with Crippen molar-refractivity contribution in [3.63, 3.8) is 0 Å². The van der Waals surface area contributed by atoms with E-state index in [1.807, 2.05) is 32.9 Å². The van der Waals surface area contributed by atoms with Crippen LogP contribution in [0.4, 0.5) is 0 Å². The number of hydrogen-bond acceptors (Lipinski definition) is 3. The predicted octanol–water partition coefficient (Wildman–Crippen LogP) is 3.04. The van der Waals surface area contributed by atoms with Crippen molar-refractivity contribution < 1.29 is 8.42 Å². The zero-order valence-corrected chi connectivity index (χ0v) is 15.2. The highest BCUT2D eigenvalue weighted by molar-refractivity contribution is 9.10. The third-order valence-electron chi connectivity index (χ3n) is 3.79. The molecule has 1 aromatic carbocycles. The Morgan fingerprint density at radius 3 is 2.52 bits per heavy atom. The monoisotopic (exact) mass is 374 g/mol. The van der Waals surface area contributed by atoms with Crippen LogP contribution in [0.2, 0.25) is 0 Å². The molecule has 4 nitrogen and oxygen atoms in total. The standard InChI is InChI=1S/C15H23BrN2O2S/c1-4-17-10-12-8-14(16)11(3)15(9-12)21(19,20)18(5-2)13-6-7-13/h8-9,13,17H,4-7,10H2,1-3H3. The summed E-state index contributed by atoms with van der Waals surface area (Å²) in [4.78, 5) is 0.429. The molecule has 0 atom stereocenters. The number of halogens is 1. The van der Waals surface area contributed by atoms with Gasteiger partial charge in [0.1, 0.15) is 0 Å². The normalized spacial score (nSPS) is 15.7. The second-order valence-electron chi connectivity index (χ2n) is 5.42. The van der Waals surface area contributed by atoms with E-state index < -0.39 is 10.0 Å². The molecule has 0 heterocycles. The van der Waals surface area contributed by atoms with Gasteiger partial charge in [-0.15, -0.1) is 0 Å². The van der Waals surface area contributed by atoms with Gasteiger partial charge in [-0.05, 0) is 49.6 Å². The van der Waals surface area contributed by atoms with Crippen LogP contribution < -0.4 is 5.32 Å². The maximum absolute atomic E-state index is 12.9. The average molecular weight is 375 g/mol. The molecule has 118 valence electrons. The highest BCUT2D eigenvalue weighted by Gasteiger charge is 2.37. The lowest BCUT2D eigenvalue weighted by atomic mass is 10.1. The van der Waals surface area contributed by atoms with Crippen molar-refractivity contribution in [3.8, 4) is 0 Å². The third kappa shape index (κ3) is 3.67. The van der Waals surface area contributed by atoms with Gasteiger partial charge in [0.2, 0.25) is 10.0 Å². The molecule has 1 aliphatic carbocycles. The van der Waals surface area contributed by atoms with Crippen LogP contribution in [0.3, 0.4) is 0 Å². The van der Waals surface area contributed by atoms with E-state index in [4.69, 9.17) is 0 Å². The van der Waals surface area contributed by atoms with Gasteiger partial charge in [0.05, 0.1) is 4.90 Å². The maximum Gasteiger partial charge on any atom is 0.243 e. The van der Waals surface area contributed by atoms with Crippen LogP contribution in [0, 0.1) is 6.92 Å². The zero-order valence-electron chi connectivity index (χ0n) is 12.8. The van der Waals surface area contributed by atoms with Gasteiger partial charge < -0.3 is 5.32 Å². The van der Waals surface area contributed by atoms with Gasteiger partial charge in [-0.25, -0.2) is 8.42 Å². The molecule has 1 N–H and O–H groups in total. The highest BCUT2D eigenvalue weighted by atomic mass is 79.9. The number of sulfonamides is 1. The van der Waals surface area contributed by atoms with Gasteiger partial charge >= 0.3 is 0 Å². The van der Waals surface area contributed by atoms with Crippen molar-refractivity contribution in [2.24, 2.45) is 0 Å². The van der Waals surface area contributed by atoms with E-state index in [1.54, 1.807) is 4.31 Å². The Kier molecular flexibility index (Phi) is 5.46. The molecule has 0 unspecified atom stereocenters. The van der Waals surface area contributed by atoms with Crippen molar-refractivity contribution in [2.45, 2.75) is 51.1 Å². The van der Waals surface area contributed by atoms with Crippen LogP contribution in [0.1, 0.15) is 37.8 Å². The van der Waals surface area contributed by atoms with Crippen LogP contribution in [0.15, 0.2) is 21.5 Å². The molecule has 0 amide bonds. The Bertz CT molecular complexity index is 612. The molecule has 0 spiro atoms. The number of rotatable bonds is 7. The molecule has 0 radical (unpaired) electrons. The van der Waals surface area contributed by atoms with Gasteiger partial charge in [-0.1, -0.05) is 29.8 Å². The molecule has 0 saturated heterocycles. The minimum Gasteiger partial charge on any atom is -0.313 e. The summed E-state index contributed by atoms with van der Waals surface area (Å²) >= 11 is 3.49. The summed E-state index contributed by atoms with van der Waals surface area (Å²) < 4.78 is 28.3. The lowest BCUT2D eigenvalue weighted by Gasteiger charge is -2.22. The second-order valence-corrected chi connectivity index (χ2v) is 8.13. The first-order chi connectivity index (χ1) is 9.91. The second kappa shape index (κ2) is 6.77. The summed E-state index contributed by atoms with van der Waals surface area (Å²) in [6.07, 6.45) is 1.95. The van der Waals surface area contributed by atoms with Crippen LogP contribution in [0.5, 0.6) is 0 Å². The Morgan fingerprint density at radius 1 is 1.33 bits per heavy atom. The quantitative estimate of drug-likeness (QED) is 0.797. The number of hydrogen-bond donors (Lipinski definition) is 1. The smallest absolute Gasteiger partial charge is 0.243 e. The summed E-state index contributed by atoms with van der Waals surface area (Å²) in [6, 6.07) is 3.99. The predicted molar refractivity (Wildman–Crippen MR) is 88.8 cm³/mol. The van der Waals surface area contributed by atoms with Crippen molar-refractivity contribution >= 4 is 26.0 Å². The summed E-state index contributed by atoms with van der Waals surface area (Å²) in [6.45, 7) is 7.86. The largest absolute Gasteiger partial charge is 0.313 e. The van der Waals surface area contributed by atoms with Crippen LogP contribution in [-0.4, -0.2) is 31.9 Å². The topological polar surface area (TPSA) is 49.4 Å². The van der Waals surface area contributed by atoms with Crippen LogP contribution >= 0.6 is 15.9 Å². The fourth-order valence-corrected chi connectivity index (χ4v) is 5.09. The Labute approximate surface area is 136 Å². The Morgan fingerprint density at radius 2 is 2.00 bits per heavy atom. The molecular formula is C15H23BrN2O2S. The van der Waals surface area contributed by atoms with Gasteiger partial charge in [-0.2, -0.15) is 4.31 Å². The molecule has 1 fully saturated rings. The number of nitrogens with one attached hydrogen (secondary N) is 1. The van der Waals surface area contributed by atoms with E-state index in [2.05, 4.69) is 21.2 Å². The molecule has 0 aliphatic heterocycles. The lowest BCUT2D eigenvalue weighted by Crippen LogP contribution is -2.33. The fraction of sp³-hybridized carbons (Fsp3) is 0.600. The number of nitrogens with zero attached hydrogens (tertiary/aromatic N) is 1. The van der Waals surface area contributed by atoms with E-state index >= 15 is 0 Å². The van der Waals surface area contributed by atoms with Crippen LogP contribution in [0.25, 0.3) is 0 Å². The zero-order chi connectivity index (χ0) is 15.6. The molecule has 21 heavy (non-hydrogen) atoms. The van der Waals surface area contributed by atoms with Crippen LogP contribution in [-0.2, 0) is 16.6 Å². The van der Waals surface area contributed by atoms with Crippen molar-refractivity contribution in [3.05, 3.63) is 27.7 Å². The first-order valence-corrected chi connectivity index (χ1v) is 9.66. The first kappa shape index (κ1) is 16.9. The van der Waals surface area contributed by atoms with E-state index in [0.717, 1.165) is 35.0 Å². The summed E-state index contributed by atoms with van der Waals surface area (Å²) in [5, 5.41) is 3.24. The minimum absolute atomic E-state index is 0.190. The molecule has 1 saturated carbocycles. The van der Waals surface area contributed by atoms with E-state index in [1.165, 1.54) is 0 Å². The van der Waals surface area contributed by atoms with Gasteiger partial charge in [-0.3, -0.25) is 0 Å². The van der Waals surface area contributed by atoms with E-state index in [9.17, 15) is 8.42 Å². The molecule has 1 aromatic rings. The van der Waals surface area contributed by atoms with Gasteiger partial charge in [0.15, 0.2) is 0 Å². The highest BCUT2D eigenvalue weighted by Crippen LogP contribution is 2.34. The van der Waals surface area contributed by atoms with Crippen molar-refractivity contribution in [1.82, 2.24) is 9.62 Å². The Balaban J connectivity index is 2.43. The van der Waals surface area contributed by atoms with Gasteiger partial charge in [0.25, 0.3) is 0 Å². The van der Waals surface area contributed by atoms with E-state index in [-0.39, 0.29) is 6.04 Å². The Hall–Kier alpha value is -0.430. The van der Waals surface area contributed by atoms with E-state index in [0.29, 0.717) is 18.0 Å². The lowest BCUT2D eigenvalue weighted by molar-refractivity contribution is 0.420. The molecular weight excluding hydrogens is 352 g/mol. The summed E-state index contributed by atoms with van der Waals surface area (Å²) in [5.74, 6) is 0. The minimum atomic E-state index is -3.41. The fourth-order valence-electron chi connectivity index (χ4n) is 2.46. The van der Waals surface area contributed by atoms with Crippen molar-refractivity contribution in [2.75, 3.05) is 13.1 Å². The number of benzene rings is 1. The maximum atomic E-state index is 12.9. The molecule has 1 aliphatic rings. The first-order valence-electron chi connectivity index (χ1n) is 7.43. The van der Waals surface area contributed by atoms with Gasteiger partial charge in [0, 0.05) is 23.6 Å². The SMILES string of the molecule is CCNCc1cc(Br)c(C)c(S(=O)(=O)N(CC)C2CC2)c1.